The third kappa shape index (κ3) is 1.10. The highest BCUT2D eigenvalue weighted by Gasteiger charge is 2.37. The summed E-state index contributed by atoms with van der Waals surface area (Å²) in [6.45, 7) is 1.13. The number of nitrogens with one attached hydrogen (secondary N) is 1. The number of hydrogen-bond acceptors (Lipinski definition) is 3. The summed E-state index contributed by atoms with van der Waals surface area (Å²) >= 11 is 5.87. The van der Waals surface area contributed by atoms with E-state index in [-0.39, 0.29) is 0 Å². The first-order valence-corrected chi connectivity index (χ1v) is 4.13. The van der Waals surface area contributed by atoms with Crippen LogP contribution in [0.1, 0.15) is 5.56 Å². The Morgan fingerprint density at radius 3 is 2.83 bits per heavy atom. The van der Waals surface area contributed by atoms with Crippen molar-refractivity contribution < 1.29 is 5.11 Å². The maximum absolute atomic E-state index is 9.89. The number of hydrogen-bond donors (Lipinski definition) is 2. The van der Waals surface area contributed by atoms with Crippen molar-refractivity contribution >= 4 is 11.6 Å². The maximum atomic E-state index is 9.89. The molecule has 0 aliphatic carbocycles. The molecule has 2 heterocycles. The number of nitrogens with zero attached hydrogens (tertiary/aromatic N) is 1. The zero-order chi connectivity index (χ0) is 8.60. The molecular weight excluding hydrogens is 176 g/mol. The molecule has 1 fully saturated rings. The van der Waals surface area contributed by atoms with Crippen LogP contribution in [0.4, 0.5) is 0 Å². The van der Waals surface area contributed by atoms with Gasteiger partial charge in [0.15, 0.2) is 0 Å². The van der Waals surface area contributed by atoms with Crippen molar-refractivity contribution in [3.63, 3.8) is 0 Å². The van der Waals surface area contributed by atoms with Gasteiger partial charge in [-0.3, -0.25) is 4.98 Å². The molecule has 0 amide bonds. The molecule has 1 aromatic rings. The second kappa shape index (κ2) is 2.69. The molecule has 3 nitrogen and oxygen atoms in total. The van der Waals surface area contributed by atoms with Crippen molar-refractivity contribution in [2.24, 2.45) is 0 Å². The normalized spacial score (nSPS) is 20.2. The topological polar surface area (TPSA) is 45.2 Å². The Labute approximate surface area is 75.4 Å². The molecule has 0 atom stereocenters. The Bertz CT molecular complexity index is 299. The van der Waals surface area contributed by atoms with E-state index in [1.807, 2.05) is 0 Å². The summed E-state index contributed by atoms with van der Waals surface area (Å²) in [4.78, 5) is 3.85. The molecule has 0 spiro atoms. The van der Waals surface area contributed by atoms with Crippen LogP contribution in [-0.4, -0.2) is 23.2 Å². The molecule has 64 valence electrons. The van der Waals surface area contributed by atoms with Crippen LogP contribution in [0.5, 0.6) is 0 Å². The van der Waals surface area contributed by atoms with Crippen LogP contribution in [0.25, 0.3) is 0 Å². The lowest BCUT2D eigenvalue weighted by atomic mass is 9.89. The Morgan fingerprint density at radius 1 is 1.58 bits per heavy atom. The van der Waals surface area contributed by atoms with Crippen molar-refractivity contribution in [1.82, 2.24) is 10.3 Å². The summed E-state index contributed by atoms with van der Waals surface area (Å²) < 4.78 is 0. The fourth-order valence-electron chi connectivity index (χ4n) is 1.30. The molecule has 1 aliphatic heterocycles. The highest BCUT2D eigenvalue weighted by atomic mass is 35.5. The summed E-state index contributed by atoms with van der Waals surface area (Å²) in [5.41, 5.74) is -0.0158. The first-order chi connectivity index (χ1) is 5.72. The molecule has 1 saturated heterocycles. The third-order valence-corrected chi connectivity index (χ3v) is 2.41. The summed E-state index contributed by atoms with van der Waals surface area (Å²) in [7, 11) is 0. The fraction of sp³-hybridized carbons (Fsp3) is 0.375. The van der Waals surface area contributed by atoms with E-state index < -0.39 is 5.60 Å². The van der Waals surface area contributed by atoms with E-state index in [1.54, 1.807) is 18.5 Å². The van der Waals surface area contributed by atoms with Gasteiger partial charge in [-0.1, -0.05) is 11.6 Å². The SMILES string of the molecule is OC1(c2ccncc2Cl)CNC1. The molecule has 0 saturated carbocycles. The van der Waals surface area contributed by atoms with E-state index in [0.29, 0.717) is 18.1 Å². The second-order valence-electron chi connectivity index (χ2n) is 2.99. The minimum Gasteiger partial charge on any atom is -0.382 e. The molecule has 0 radical (unpaired) electrons. The summed E-state index contributed by atoms with van der Waals surface area (Å²) in [5, 5.41) is 13.4. The standard InChI is InChI=1S/C8H9ClN2O/c9-7-3-10-2-1-6(7)8(12)4-11-5-8/h1-3,11-12H,4-5H2. The van der Waals surface area contributed by atoms with E-state index in [4.69, 9.17) is 11.6 Å². The predicted octanol–water partition coefficient (Wildman–Crippen LogP) is 0.526. The van der Waals surface area contributed by atoms with Gasteiger partial charge in [-0.2, -0.15) is 0 Å². The Balaban J connectivity index is 2.39. The number of aromatic nitrogens is 1. The van der Waals surface area contributed by atoms with Crippen LogP contribution < -0.4 is 5.32 Å². The Hall–Kier alpha value is -0.640. The van der Waals surface area contributed by atoms with Gasteiger partial charge in [0.1, 0.15) is 5.60 Å². The second-order valence-corrected chi connectivity index (χ2v) is 3.40. The lowest BCUT2D eigenvalue weighted by molar-refractivity contribution is -0.0146. The van der Waals surface area contributed by atoms with Gasteiger partial charge in [0.25, 0.3) is 0 Å². The van der Waals surface area contributed by atoms with Crippen molar-refractivity contribution in [3.8, 4) is 0 Å². The molecule has 12 heavy (non-hydrogen) atoms. The largest absolute Gasteiger partial charge is 0.382 e. The minimum atomic E-state index is -0.778. The molecule has 2 N–H and O–H groups in total. The zero-order valence-electron chi connectivity index (χ0n) is 6.42. The van der Waals surface area contributed by atoms with Crippen LogP contribution in [0.3, 0.4) is 0 Å². The van der Waals surface area contributed by atoms with Crippen LogP contribution in [0.2, 0.25) is 5.02 Å². The molecule has 2 rings (SSSR count). The molecule has 0 unspecified atom stereocenters. The van der Waals surface area contributed by atoms with Gasteiger partial charge in [0, 0.05) is 31.0 Å². The lowest BCUT2D eigenvalue weighted by Gasteiger charge is -2.38. The fourth-order valence-corrected chi connectivity index (χ4v) is 1.60. The lowest BCUT2D eigenvalue weighted by Crippen LogP contribution is -2.56. The molecule has 1 aromatic heterocycles. The highest BCUT2D eigenvalue weighted by Crippen LogP contribution is 2.30. The van der Waals surface area contributed by atoms with Crippen molar-refractivity contribution in [3.05, 3.63) is 29.0 Å². The van der Waals surface area contributed by atoms with Gasteiger partial charge in [-0.05, 0) is 6.07 Å². The molecular formula is C8H9ClN2O. The first-order valence-electron chi connectivity index (χ1n) is 3.75. The summed E-state index contributed by atoms with van der Waals surface area (Å²) in [6, 6.07) is 1.75. The van der Waals surface area contributed by atoms with E-state index in [9.17, 15) is 5.11 Å². The summed E-state index contributed by atoms with van der Waals surface area (Å²) in [5.74, 6) is 0. The zero-order valence-corrected chi connectivity index (χ0v) is 7.17. The van der Waals surface area contributed by atoms with E-state index in [2.05, 4.69) is 10.3 Å². The van der Waals surface area contributed by atoms with Crippen molar-refractivity contribution in [2.75, 3.05) is 13.1 Å². The molecule has 0 aromatic carbocycles. The van der Waals surface area contributed by atoms with Crippen LogP contribution in [0, 0.1) is 0 Å². The number of pyridine rings is 1. The monoisotopic (exact) mass is 184 g/mol. The van der Waals surface area contributed by atoms with Gasteiger partial charge >= 0.3 is 0 Å². The highest BCUT2D eigenvalue weighted by molar-refractivity contribution is 6.31. The smallest absolute Gasteiger partial charge is 0.116 e. The van der Waals surface area contributed by atoms with Gasteiger partial charge in [-0.25, -0.2) is 0 Å². The van der Waals surface area contributed by atoms with Crippen molar-refractivity contribution in [2.45, 2.75) is 5.60 Å². The number of rotatable bonds is 1. The maximum Gasteiger partial charge on any atom is 0.116 e. The molecule has 4 heteroatoms. The van der Waals surface area contributed by atoms with Crippen LogP contribution >= 0.6 is 11.6 Å². The number of β-amino-alcohol motifs (C(OH)–C–C–N with tert-alkyl or cyclic N) is 1. The van der Waals surface area contributed by atoms with Crippen LogP contribution in [0.15, 0.2) is 18.5 Å². The molecule has 0 bridgehead atoms. The van der Waals surface area contributed by atoms with E-state index in [0.717, 1.165) is 5.56 Å². The van der Waals surface area contributed by atoms with Gasteiger partial charge < -0.3 is 10.4 Å². The summed E-state index contributed by atoms with van der Waals surface area (Å²) in [6.07, 6.45) is 3.19. The predicted molar refractivity (Wildman–Crippen MR) is 46.0 cm³/mol. The van der Waals surface area contributed by atoms with Gasteiger partial charge in [-0.15, -0.1) is 0 Å². The Morgan fingerprint density at radius 2 is 2.33 bits per heavy atom. The number of aliphatic hydroxyl groups is 1. The number of halogens is 1. The molecule has 1 aliphatic rings. The minimum absolute atomic E-state index is 0.529. The van der Waals surface area contributed by atoms with Gasteiger partial charge in [0.05, 0.1) is 5.02 Å². The van der Waals surface area contributed by atoms with E-state index in [1.165, 1.54) is 0 Å². The van der Waals surface area contributed by atoms with Gasteiger partial charge in [0.2, 0.25) is 0 Å². The quantitative estimate of drug-likeness (QED) is 0.669. The van der Waals surface area contributed by atoms with Crippen molar-refractivity contribution in [1.29, 1.82) is 0 Å². The average molecular weight is 185 g/mol. The van der Waals surface area contributed by atoms with E-state index >= 15 is 0 Å². The first kappa shape index (κ1) is 7.98. The third-order valence-electron chi connectivity index (χ3n) is 2.11. The van der Waals surface area contributed by atoms with Crippen LogP contribution in [-0.2, 0) is 5.60 Å². The average Bonchev–Trinajstić information content (AvgIpc) is 2.01. The Kier molecular flexibility index (Phi) is 1.79.